The SMILES string of the molecule is CCn1c(SC(C)C#N)nnc1-c1ccccc1OC. The third-order valence-corrected chi connectivity index (χ3v) is 3.82. The Morgan fingerprint density at radius 3 is 2.80 bits per heavy atom. The van der Waals surface area contributed by atoms with E-state index in [0.717, 1.165) is 28.8 Å². The number of methoxy groups -OCH3 is 1. The van der Waals surface area contributed by atoms with Crippen molar-refractivity contribution in [3.05, 3.63) is 24.3 Å². The Kier molecular flexibility index (Phi) is 4.64. The molecule has 5 nitrogen and oxygen atoms in total. The molecular formula is C14H16N4OS. The largest absolute Gasteiger partial charge is 0.496 e. The van der Waals surface area contributed by atoms with Gasteiger partial charge in [0.2, 0.25) is 0 Å². The molecule has 20 heavy (non-hydrogen) atoms. The van der Waals surface area contributed by atoms with Crippen LogP contribution in [-0.4, -0.2) is 27.1 Å². The minimum absolute atomic E-state index is 0.157. The summed E-state index contributed by atoms with van der Waals surface area (Å²) in [6.07, 6.45) is 0. The molecule has 2 rings (SSSR count). The van der Waals surface area contributed by atoms with Crippen LogP contribution in [0, 0.1) is 11.3 Å². The Hall–Kier alpha value is -2.00. The van der Waals surface area contributed by atoms with Crippen LogP contribution in [0.5, 0.6) is 5.75 Å². The van der Waals surface area contributed by atoms with Gasteiger partial charge in [-0.05, 0) is 26.0 Å². The lowest BCUT2D eigenvalue weighted by atomic mass is 10.2. The average molecular weight is 288 g/mol. The van der Waals surface area contributed by atoms with Gasteiger partial charge in [0.1, 0.15) is 5.75 Å². The smallest absolute Gasteiger partial charge is 0.192 e. The Morgan fingerprint density at radius 2 is 2.15 bits per heavy atom. The van der Waals surface area contributed by atoms with E-state index >= 15 is 0 Å². The van der Waals surface area contributed by atoms with Crippen molar-refractivity contribution in [2.24, 2.45) is 0 Å². The zero-order chi connectivity index (χ0) is 14.5. The maximum absolute atomic E-state index is 8.92. The van der Waals surface area contributed by atoms with Gasteiger partial charge in [0, 0.05) is 6.54 Å². The molecule has 0 bridgehead atoms. The number of thioether (sulfide) groups is 1. The number of benzene rings is 1. The first-order valence-electron chi connectivity index (χ1n) is 6.34. The van der Waals surface area contributed by atoms with Gasteiger partial charge >= 0.3 is 0 Å². The van der Waals surface area contributed by atoms with E-state index in [1.165, 1.54) is 11.8 Å². The van der Waals surface area contributed by atoms with Gasteiger partial charge in [-0.25, -0.2) is 0 Å². The van der Waals surface area contributed by atoms with Crippen molar-refractivity contribution in [3.8, 4) is 23.2 Å². The number of hydrogen-bond acceptors (Lipinski definition) is 5. The lowest BCUT2D eigenvalue weighted by molar-refractivity contribution is 0.416. The number of para-hydroxylation sites is 1. The Morgan fingerprint density at radius 1 is 1.40 bits per heavy atom. The van der Waals surface area contributed by atoms with Gasteiger partial charge in [-0.2, -0.15) is 5.26 Å². The Bertz CT molecular complexity index is 632. The number of aromatic nitrogens is 3. The highest BCUT2D eigenvalue weighted by Crippen LogP contribution is 2.31. The summed E-state index contributed by atoms with van der Waals surface area (Å²) in [4.78, 5) is 0. The molecular weight excluding hydrogens is 272 g/mol. The third-order valence-electron chi connectivity index (χ3n) is 2.84. The van der Waals surface area contributed by atoms with Crippen molar-refractivity contribution in [2.45, 2.75) is 30.8 Å². The first kappa shape index (κ1) is 14.4. The van der Waals surface area contributed by atoms with E-state index in [2.05, 4.69) is 16.3 Å². The molecule has 0 radical (unpaired) electrons. The Balaban J connectivity index is 2.45. The number of hydrogen-bond donors (Lipinski definition) is 0. The second-order valence-electron chi connectivity index (χ2n) is 4.14. The van der Waals surface area contributed by atoms with Crippen LogP contribution in [0.2, 0.25) is 0 Å². The Labute approximate surface area is 122 Å². The highest BCUT2D eigenvalue weighted by atomic mass is 32.2. The summed E-state index contributed by atoms with van der Waals surface area (Å²) < 4.78 is 7.37. The molecule has 1 heterocycles. The van der Waals surface area contributed by atoms with Gasteiger partial charge in [-0.1, -0.05) is 23.9 Å². The van der Waals surface area contributed by atoms with Gasteiger partial charge < -0.3 is 9.30 Å². The fraction of sp³-hybridized carbons (Fsp3) is 0.357. The summed E-state index contributed by atoms with van der Waals surface area (Å²) in [5.41, 5.74) is 0.904. The molecule has 0 saturated carbocycles. The van der Waals surface area contributed by atoms with E-state index in [1.807, 2.05) is 42.7 Å². The van der Waals surface area contributed by atoms with E-state index in [1.54, 1.807) is 7.11 Å². The molecule has 0 fully saturated rings. The second kappa shape index (κ2) is 6.44. The van der Waals surface area contributed by atoms with Crippen molar-refractivity contribution in [1.82, 2.24) is 14.8 Å². The lowest BCUT2D eigenvalue weighted by Crippen LogP contribution is -2.02. The molecule has 1 atom stereocenters. The van der Waals surface area contributed by atoms with E-state index in [0.29, 0.717) is 0 Å². The van der Waals surface area contributed by atoms with Gasteiger partial charge in [0.05, 0.1) is 24.0 Å². The van der Waals surface area contributed by atoms with Crippen LogP contribution in [0.15, 0.2) is 29.4 Å². The highest BCUT2D eigenvalue weighted by molar-refractivity contribution is 8.00. The van der Waals surface area contributed by atoms with Crippen LogP contribution in [0.1, 0.15) is 13.8 Å². The molecule has 1 aromatic heterocycles. The fourth-order valence-corrected chi connectivity index (χ4v) is 2.67. The van der Waals surface area contributed by atoms with Gasteiger partial charge in [0.15, 0.2) is 11.0 Å². The minimum Gasteiger partial charge on any atom is -0.496 e. The number of ether oxygens (including phenoxy) is 1. The quantitative estimate of drug-likeness (QED) is 0.791. The van der Waals surface area contributed by atoms with Gasteiger partial charge in [-0.3, -0.25) is 0 Å². The zero-order valence-electron chi connectivity index (χ0n) is 11.7. The van der Waals surface area contributed by atoms with Gasteiger partial charge in [0.25, 0.3) is 0 Å². The average Bonchev–Trinajstić information content (AvgIpc) is 2.89. The topological polar surface area (TPSA) is 63.7 Å². The normalized spacial score (nSPS) is 11.9. The number of rotatable bonds is 5. The first-order chi connectivity index (χ1) is 9.71. The maximum Gasteiger partial charge on any atom is 0.192 e. The molecule has 0 spiro atoms. The molecule has 2 aromatic rings. The molecule has 0 saturated heterocycles. The van der Waals surface area contributed by atoms with E-state index in [-0.39, 0.29) is 5.25 Å². The highest BCUT2D eigenvalue weighted by Gasteiger charge is 2.17. The van der Waals surface area contributed by atoms with Crippen LogP contribution in [0.25, 0.3) is 11.4 Å². The van der Waals surface area contributed by atoms with Crippen molar-refractivity contribution in [3.63, 3.8) is 0 Å². The van der Waals surface area contributed by atoms with E-state index in [4.69, 9.17) is 10.00 Å². The zero-order valence-corrected chi connectivity index (χ0v) is 12.5. The fourth-order valence-electron chi connectivity index (χ4n) is 1.87. The lowest BCUT2D eigenvalue weighted by Gasteiger charge is -2.10. The van der Waals surface area contributed by atoms with Crippen LogP contribution in [0.4, 0.5) is 0 Å². The molecule has 1 unspecified atom stereocenters. The second-order valence-corrected chi connectivity index (χ2v) is 5.45. The van der Waals surface area contributed by atoms with Crippen molar-refractivity contribution in [2.75, 3.05) is 7.11 Å². The van der Waals surface area contributed by atoms with Crippen LogP contribution >= 0.6 is 11.8 Å². The van der Waals surface area contributed by atoms with E-state index < -0.39 is 0 Å². The van der Waals surface area contributed by atoms with Crippen LogP contribution in [-0.2, 0) is 6.54 Å². The standard InChI is InChI=1S/C14H16N4OS/c1-4-18-13(11-7-5-6-8-12(11)19-3)16-17-14(18)20-10(2)9-15/h5-8,10H,4H2,1-3H3. The molecule has 104 valence electrons. The molecule has 0 N–H and O–H groups in total. The summed E-state index contributed by atoms with van der Waals surface area (Å²) in [5.74, 6) is 1.53. The molecule has 1 aromatic carbocycles. The summed E-state index contributed by atoms with van der Waals surface area (Å²) in [6, 6.07) is 9.91. The number of nitriles is 1. The summed E-state index contributed by atoms with van der Waals surface area (Å²) in [5, 5.41) is 18.0. The van der Waals surface area contributed by atoms with E-state index in [9.17, 15) is 0 Å². The minimum atomic E-state index is -0.157. The third kappa shape index (κ3) is 2.78. The predicted molar refractivity (Wildman–Crippen MR) is 78.6 cm³/mol. The predicted octanol–water partition coefficient (Wildman–Crippen LogP) is 2.98. The van der Waals surface area contributed by atoms with Gasteiger partial charge in [-0.15, -0.1) is 10.2 Å². The molecule has 0 aliphatic rings. The number of nitrogens with zero attached hydrogens (tertiary/aromatic N) is 4. The van der Waals surface area contributed by atoms with Crippen LogP contribution in [0.3, 0.4) is 0 Å². The molecule has 6 heteroatoms. The van der Waals surface area contributed by atoms with Crippen LogP contribution < -0.4 is 4.74 Å². The van der Waals surface area contributed by atoms with Crippen molar-refractivity contribution < 1.29 is 4.74 Å². The maximum atomic E-state index is 8.92. The summed E-state index contributed by atoms with van der Waals surface area (Å²) >= 11 is 1.41. The monoisotopic (exact) mass is 288 g/mol. The molecule has 0 aliphatic carbocycles. The molecule has 0 amide bonds. The summed E-state index contributed by atoms with van der Waals surface area (Å²) in [7, 11) is 1.64. The van der Waals surface area contributed by atoms with Crippen molar-refractivity contribution in [1.29, 1.82) is 5.26 Å². The van der Waals surface area contributed by atoms with Crippen molar-refractivity contribution >= 4 is 11.8 Å². The first-order valence-corrected chi connectivity index (χ1v) is 7.22. The molecule has 0 aliphatic heterocycles. The summed E-state index contributed by atoms with van der Waals surface area (Å²) in [6.45, 7) is 4.62.